The van der Waals surface area contributed by atoms with Gasteiger partial charge in [-0.3, -0.25) is 4.98 Å². The van der Waals surface area contributed by atoms with E-state index in [1.807, 2.05) is 36.7 Å². The molecule has 4 aromatic rings. The largest absolute Gasteiger partial charge is 0.398 e. The van der Waals surface area contributed by atoms with Crippen molar-refractivity contribution in [1.82, 2.24) is 19.5 Å². The minimum atomic E-state index is -0.372. The molecule has 0 bridgehead atoms. The van der Waals surface area contributed by atoms with Gasteiger partial charge in [-0.05, 0) is 38.1 Å². The average molecular weight is 441 g/mol. The second kappa shape index (κ2) is 10.2. The average Bonchev–Trinajstić information content (AvgIpc) is 3.26. The maximum absolute atomic E-state index is 15.3. The van der Waals surface area contributed by atoms with Gasteiger partial charge in [0, 0.05) is 64.8 Å². The molecule has 0 aliphatic carbocycles. The number of rotatable bonds is 6. The highest BCUT2D eigenvalue weighted by Gasteiger charge is 2.16. The molecule has 6 nitrogen and oxygen atoms in total. The van der Waals surface area contributed by atoms with Crippen LogP contribution in [0.3, 0.4) is 0 Å². The highest BCUT2D eigenvalue weighted by atomic mass is 19.1. The van der Waals surface area contributed by atoms with Crippen molar-refractivity contribution in [3.8, 4) is 29.7 Å². The van der Waals surface area contributed by atoms with Crippen molar-refractivity contribution in [2.75, 3.05) is 11.1 Å². The Hall–Kier alpha value is -4.44. The van der Waals surface area contributed by atoms with E-state index in [2.05, 4.69) is 39.7 Å². The molecule has 3 heterocycles. The molecule has 0 fully saturated rings. The lowest BCUT2D eigenvalue weighted by Crippen LogP contribution is -2.09. The van der Waals surface area contributed by atoms with E-state index in [9.17, 15) is 0 Å². The molecule has 33 heavy (non-hydrogen) atoms. The molecule has 3 N–H and O–H groups in total. The molecule has 0 saturated heterocycles. The van der Waals surface area contributed by atoms with Gasteiger partial charge in [0.25, 0.3) is 0 Å². The van der Waals surface area contributed by atoms with E-state index in [-0.39, 0.29) is 12.2 Å². The number of allylic oxidation sites excluding steroid dienone is 1. The van der Waals surface area contributed by atoms with Crippen LogP contribution >= 0.6 is 0 Å². The fourth-order valence-electron chi connectivity index (χ4n) is 3.47. The highest BCUT2D eigenvalue weighted by molar-refractivity contribution is 5.69. The Morgan fingerprint density at radius 3 is 2.61 bits per heavy atom. The lowest BCUT2D eigenvalue weighted by molar-refractivity contribution is 0.618. The van der Waals surface area contributed by atoms with Crippen LogP contribution in [0.25, 0.3) is 16.8 Å². The van der Waals surface area contributed by atoms with Crippen LogP contribution in [0.4, 0.5) is 15.9 Å². The van der Waals surface area contributed by atoms with Crippen molar-refractivity contribution in [3.05, 3.63) is 96.4 Å². The maximum Gasteiger partial charge on any atom is 0.136 e. The predicted molar refractivity (Wildman–Crippen MR) is 131 cm³/mol. The van der Waals surface area contributed by atoms with Gasteiger partial charge in [-0.15, -0.1) is 12.8 Å². The zero-order valence-corrected chi connectivity index (χ0v) is 18.6. The fourth-order valence-corrected chi connectivity index (χ4v) is 3.47. The number of aromatic nitrogens is 4. The topological polar surface area (TPSA) is 81.6 Å². The SMILES string of the molecule is C#C.C=C(Cc1c(N)ccc(-c2cccnc2)c1F)Nc1nccc(-n2cnc(C)c2)c1C. The Labute approximate surface area is 193 Å². The first-order valence-corrected chi connectivity index (χ1v) is 10.2. The fraction of sp³-hybridized carbons (Fsp3) is 0.115. The molecule has 0 saturated carbocycles. The predicted octanol–water partition coefficient (Wildman–Crippen LogP) is 5.09. The number of hydrogen-bond acceptors (Lipinski definition) is 5. The molecule has 166 valence electrons. The standard InChI is InChI=1S/C24H23FN6.C2H2/c1-15(30-24-17(3)22(8-10-28-24)31-13-16(2)29-14-31)11-20-21(26)7-6-19(23(20)25)18-5-4-9-27-12-18;1-2/h4-10,12-14H,1,11,26H2,2-3H3,(H,28,30);1-2H. The molecule has 0 spiro atoms. The van der Waals surface area contributed by atoms with Gasteiger partial charge in [-0.1, -0.05) is 12.6 Å². The van der Waals surface area contributed by atoms with Crippen LogP contribution < -0.4 is 11.1 Å². The van der Waals surface area contributed by atoms with Gasteiger partial charge in [0.2, 0.25) is 0 Å². The summed E-state index contributed by atoms with van der Waals surface area (Å²) in [6.45, 7) is 7.97. The Kier molecular flexibility index (Phi) is 7.21. The quantitative estimate of drug-likeness (QED) is 0.323. The van der Waals surface area contributed by atoms with Gasteiger partial charge in [-0.25, -0.2) is 14.4 Å². The molecule has 3 aromatic heterocycles. The Morgan fingerprint density at radius 1 is 1.15 bits per heavy atom. The zero-order valence-electron chi connectivity index (χ0n) is 18.6. The summed E-state index contributed by atoms with van der Waals surface area (Å²) < 4.78 is 17.2. The van der Waals surface area contributed by atoms with Crippen molar-refractivity contribution in [3.63, 3.8) is 0 Å². The number of benzene rings is 1. The third kappa shape index (κ3) is 5.08. The summed E-state index contributed by atoms with van der Waals surface area (Å²) in [4.78, 5) is 12.8. The number of aryl methyl sites for hydroxylation is 1. The first-order chi connectivity index (χ1) is 15.9. The Morgan fingerprint density at radius 2 is 1.94 bits per heavy atom. The Balaban J connectivity index is 0.00000149. The minimum Gasteiger partial charge on any atom is -0.398 e. The second-order valence-corrected chi connectivity index (χ2v) is 7.37. The van der Waals surface area contributed by atoms with Gasteiger partial charge in [0.05, 0.1) is 17.7 Å². The molecule has 4 rings (SSSR count). The number of anilines is 2. The van der Waals surface area contributed by atoms with E-state index in [0.717, 1.165) is 16.9 Å². The molecular weight excluding hydrogens is 415 g/mol. The smallest absolute Gasteiger partial charge is 0.136 e. The van der Waals surface area contributed by atoms with Crippen molar-refractivity contribution < 1.29 is 4.39 Å². The van der Waals surface area contributed by atoms with Crippen LogP contribution in [0.5, 0.6) is 0 Å². The van der Waals surface area contributed by atoms with Crippen molar-refractivity contribution in [2.24, 2.45) is 0 Å². The summed E-state index contributed by atoms with van der Waals surface area (Å²) in [6, 6.07) is 8.88. The molecule has 0 radical (unpaired) electrons. The number of nitrogens with one attached hydrogen (secondary N) is 1. The first kappa shape index (κ1) is 23.2. The highest BCUT2D eigenvalue weighted by Crippen LogP contribution is 2.30. The van der Waals surface area contributed by atoms with Crippen LogP contribution in [0, 0.1) is 32.5 Å². The second-order valence-electron chi connectivity index (χ2n) is 7.37. The summed E-state index contributed by atoms with van der Waals surface area (Å²) >= 11 is 0. The number of hydrogen-bond donors (Lipinski definition) is 2. The van der Waals surface area contributed by atoms with E-state index >= 15 is 4.39 Å². The van der Waals surface area contributed by atoms with Crippen molar-refractivity contribution >= 4 is 11.5 Å². The zero-order chi connectivity index (χ0) is 24.0. The van der Waals surface area contributed by atoms with Crippen molar-refractivity contribution in [1.29, 1.82) is 0 Å². The van der Waals surface area contributed by atoms with E-state index in [1.54, 1.807) is 43.1 Å². The van der Waals surface area contributed by atoms with Crippen LogP contribution in [0.15, 0.2) is 73.7 Å². The van der Waals surface area contributed by atoms with Crippen LogP contribution in [-0.4, -0.2) is 19.5 Å². The number of halogens is 1. The van der Waals surface area contributed by atoms with E-state index in [0.29, 0.717) is 33.9 Å². The Bertz CT molecular complexity index is 1290. The molecule has 0 aliphatic rings. The van der Waals surface area contributed by atoms with Gasteiger partial charge in [0.15, 0.2) is 0 Å². The summed E-state index contributed by atoms with van der Waals surface area (Å²) in [6.07, 6.45) is 16.9. The first-order valence-electron chi connectivity index (χ1n) is 10.2. The lowest BCUT2D eigenvalue weighted by atomic mass is 9.99. The number of imidazole rings is 1. The van der Waals surface area contributed by atoms with E-state index in [1.165, 1.54) is 0 Å². The van der Waals surface area contributed by atoms with E-state index in [4.69, 9.17) is 5.73 Å². The molecular formula is C26H25FN6. The van der Waals surface area contributed by atoms with Crippen LogP contribution in [0.2, 0.25) is 0 Å². The van der Waals surface area contributed by atoms with Gasteiger partial charge >= 0.3 is 0 Å². The minimum absolute atomic E-state index is 0.224. The summed E-state index contributed by atoms with van der Waals surface area (Å²) in [7, 11) is 0. The number of terminal acetylenes is 1. The van der Waals surface area contributed by atoms with Crippen LogP contribution in [0.1, 0.15) is 16.8 Å². The number of nitrogens with two attached hydrogens (primary N) is 1. The van der Waals surface area contributed by atoms with Gasteiger partial charge in [-0.2, -0.15) is 0 Å². The monoisotopic (exact) mass is 440 g/mol. The number of nitrogen functional groups attached to an aromatic ring is 1. The summed E-state index contributed by atoms with van der Waals surface area (Å²) in [5.41, 5.74) is 11.4. The van der Waals surface area contributed by atoms with Gasteiger partial charge < -0.3 is 15.6 Å². The number of nitrogens with zero attached hydrogens (tertiary/aromatic N) is 4. The normalized spacial score (nSPS) is 10.2. The maximum atomic E-state index is 15.3. The summed E-state index contributed by atoms with van der Waals surface area (Å²) in [5, 5.41) is 3.22. The molecule has 0 unspecified atom stereocenters. The van der Waals surface area contributed by atoms with E-state index < -0.39 is 0 Å². The summed E-state index contributed by atoms with van der Waals surface area (Å²) in [5.74, 6) is 0.277. The third-order valence-corrected chi connectivity index (χ3v) is 5.10. The molecule has 0 atom stereocenters. The molecule has 0 aliphatic heterocycles. The van der Waals surface area contributed by atoms with Gasteiger partial charge in [0.1, 0.15) is 11.6 Å². The molecule has 1 aromatic carbocycles. The number of pyridine rings is 2. The lowest BCUT2D eigenvalue weighted by Gasteiger charge is -2.16. The third-order valence-electron chi connectivity index (χ3n) is 5.10. The molecule has 7 heteroatoms. The molecule has 0 amide bonds. The van der Waals surface area contributed by atoms with Crippen LogP contribution in [-0.2, 0) is 6.42 Å². The van der Waals surface area contributed by atoms with Crippen molar-refractivity contribution in [2.45, 2.75) is 20.3 Å².